The summed E-state index contributed by atoms with van der Waals surface area (Å²) in [6.45, 7) is 6.26. The van der Waals surface area contributed by atoms with Gasteiger partial charge in [-0.05, 0) is 37.5 Å². The SMILES string of the molecule is c1cn(CCN2CCN(c3ccc4ncnc(OC5CCC5)c4c3)CC2)cn1. The number of fused-ring (bicyclic) bond motifs is 1. The van der Waals surface area contributed by atoms with Gasteiger partial charge in [-0.2, -0.15) is 0 Å². The van der Waals surface area contributed by atoms with E-state index >= 15 is 0 Å². The quantitative estimate of drug-likeness (QED) is 0.657. The van der Waals surface area contributed by atoms with Crippen LogP contribution in [0.1, 0.15) is 19.3 Å². The lowest BCUT2D eigenvalue weighted by Crippen LogP contribution is -2.47. The van der Waals surface area contributed by atoms with Crippen LogP contribution >= 0.6 is 0 Å². The summed E-state index contributed by atoms with van der Waals surface area (Å²) >= 11 is 0. The van der Waals surface area contributed by atoms with Crippen LogP contribution in [0.5, 0.6) is 5.88 Å². The highest BCUT2D eigenvalue weighted by Gasteiger charge is 2.22. The summed E-state index contributed by atoms with van der Waals surface area (Å²) in [6.07, 6.45) is 11.2. The average Bonchev–Trinajstić information content (AvgIpc) is 3.23. The fraction of sp³-hybridized carbons (Fsp3) is 0.476. The third-order valence-corrected chi connectivity index (χ3v) is 5.88. The molecular formula is C21H26N6O. The maximum atomic E-state index is 6.11. The van der Waals surface area contributed by atoms with Gasteiger partial charge in [-0.1, -0.05) is 0 Å². The lowest BCUT2D eigenvalue weighted by molar-refractivity contribution is 0.116. The number of benzene rings is 1. The first kappa shape index (κ1) is 17.4. The maximum absolute atomic E-state index is 6.11. The van der Waals surface area contributed by atoms with Gasteiger partial charge in [0.2, 0.25) is 5.88 Å². The Balaban J connectivity index is 1.25. The van der Waals surface area contributed by atoms with Crippen LogP contribution in [-0.2, 0) is 6.54 Å². The molecule has 0 unspecified atom stereocenters. The number of hydrogen-bond acceptors (Lipinski definition) is 6. The second-order valence-corrected chi connectivity index (χ2v) is 7.68. The Labute approximate surface area is 165 Å². The van der Waals surface area contributed by atoms with Gasteiger partial charge >= 0.3 is 0 Å². The molecule has 5 rings (SSSR count). The van der Waals surface area contributed by atoms with Gasteiger partial charge in [0.15, 0.2) is 0 Å². The lowest BCUT2D eigenvalue weighted by Gasteiger charge is -2.36. The highest BCUT2D eigenvalue weighted by Crippen LogP contribution is 2.31. The van der Waals surface area contributed by atoms with Gasteiger partial charge in [-0.25, -0.2) is 15.0 Å². The molecular weight excluding hydrogens is 352 g/mol. The molecule has 3 aromatic rings. The number of imidazole rings is 1. The first-order chi connectivity index (χ1) is 13.8. The molecule has 7 nitrogen and oxygen atoms in total. The zero-order valence-corrected chi connectivity index (χ0v) is 16.1. The van der Waals surface area contributed by atoms with Gasteiger partial charge in [0.05, 0.1) is 17.2 Å². The van der Waals surface area contributed by atoms with Crippen molar-refractivity contribution >= 4 is 16.6 Å². The van der Waals surface area contributed by atoms with Crippen molar-refractivity contribution in [1.82, 2.24) is 24.4 Å². The summed E-state index contributed by atoms with van der Waals surface area (Å²) in [5.74, 6) is 0.732. The molecule has 0 radical (unpaired) electrons. The van der Waals surface area contributed by atoms with Crippen LogP contribution in [0.4, 0.5) is 5.69 Å². The number of hydrogen-bond donors (Lipinski definition) is 0. The second kappa shape index (κ2) is 7.75. The molecule has 2 aromatic heterocycles. The van der Waals surface area contributed by atoms with E-state index in [1.807, 2.05) is 18.7 Å². The zero-order valence-electron chi connectivity index (χ0n) is 16.1. The molecule has 146 valence electrons. The molecule has 28 heavy (non-hydrogen) atoms. The molecule has 0 amide bonds. The Morgan fingerprint density at radius 1 is 1.04 bits per heavy atom. The van der Waals surface area contributed by atoms with Crippen LogP contribution in [0.3, 0.4) is 0 Å². The Kier molecular flexibility index (Phi) is 4.83. The minimum atomic E-state index is 0.320. The van der Waals surface area contributed by atoms with E-state index in [0.29, 0.717) is 6.10 Å². The van der Waals surface area contributed by atoms with Gasteiger partial charge in [0.25, 0.3) is 0 Å². The van der Waals surface area contributed by atoms with E-state index in [1.54, 1.807) is 6.33 Å². The van der Waals surface area contributed by atoms with Crippen molar-refractivity contribution in [1.29, 1.82) is 0 Å². The predicted octanol–water partition coefficient (Wildman–Crippen LogP) is 2.58. The molecule has 0 N–H and O–H groups in total. The van der Waals surface area contributed by atoms with Crippen LogP contribution in [0.25, 0.3) is 10.9 Å². The third-order valence-electron chi connectivity index (χ3n) is 5.88. The summed E-state index contributed by atoms with van der Waals surface area (Å²) in [5.41, 5.74) is 2.18. The molecule has 0 spiro atoms. The third kappa shape index (κ3) is 3.67. The van der Waals surface area contributed by atoms with Crippen molar-refractivity contribution in [3.8, 4) is 5.88 Å². The number of nitrogens with zero attached hydrogens (tertiary/aromatic N) is 6. The molecule has 2 aliphatic rings. The summed E-state index contributed by atoms with van der Waals surface area (Å²) in [6, 6.07) is 6.46. The van der Waals surface area contributed by atoms with E-state index in [4.69, 9.17) is 4.74 Å². The van der Waals surface area contributed by atoms with Gasteiger partial charge < -0.3 is 14.2 Å². The first-order valence-corrected chi connectivity index (χ1v) is 10.2. The van der Waals surface area contributed by atoms with Crippen molar-refractivity contribution in [2.24, 2.45) is 0 Å². The normalized spacial score (nSPS) is 18.4. The van der Waals surface area contributed by atoms with Crippen molar-refractivity contribution in [2.75, 3.05) is 37.6 Å². The van der Waals surface area contributed by atoms with E-state index < -0.39 is 0 Å². The minimum Gasteiger partial charge on any atom is -0.474 e. The number of aromatic nitrogens is 4. The van der Waals surface area contributed by atoms with Crippen LogP contribution < -0.4 is 9.64 Å². The first-order valence-electron chi connectivity index (χ1n) is 10.2. The summed E-state index contributed by atoms with van der Waals surface area (Å²) in [7, 11) is 0. The molecule has 2 fully saturated rings. The highest BCUT2D eigenvalue weighted by molar-refractivity contribution is 5.86. The van der Waals surface area contributed by atoms with Crippen LogP contribution in [-0.4, -0.2) is 63.2 Å². The number of anilines is 1. The number of ether oxygens (including phenoxy) is 1. The summed E-state index contributed by atoms with van der Waals surface area (Å²) in [5, 5.41) is 1.02. The van der Waals surface area contributed by atoms with Crippen molar-refractivity contribution in [3.63, 3.8) is 0 Å². The second-order valence-electron chi connectivity index (χ2n) is 7.68. The largest absolute Gasteiger partial charge is 0.474 e. The number of rotatable bonds is 6. The Morgan fingerprint density at radius 3 is 2.68 bits per heavy atom. The zero-order chi connectivity index (χ0) is 18.8. The summed E-state index contributed by atoms with van der Waals surface area (Å²) in [4.78, 5) is 17.9. The predicted molar refractivity (Wildman–Crippen MR) is 109 cm³/mol. The van der Waals surface area contributed by atoms with Crippen molar-refractivity contribution < 1.29 is 4.74 Å². The fourth-order valence-electron chi connectivity index (χ4n) is 3.86. The van der Waals surface area contributed by atoms with E-state index in [0.717, 1.165) is 68.9 Å². The van der Waals surface area contributed by atoms with Crippen molar-refractivity contribution in [2.45, 2.75) is 31.9 Å². The smallest absolute Gasteiger partial charge is 0.224 e. The van der Waals surface area contributed by atoms with Gasteiger partial charge in [0.1, 0.15) is 12.4 Å². The van der Waals surface area contributed by atoms with Gasteiger partial charge in [-0.15, -0.1) is 0 Å². The Bertz CT molecular complexity index is 916. The standard InChI is InChI=1S/C21H26N6O/c1-2-18(3-1)28-21-19-14-17(4-5-20(19)23-15-24-21)27-12-10-25(11-13-27)8-9-26-7-6-22-16-26/h4-7,14-16,18H,1-3,8-13H2. The fourth-order valence-corrected chi connectivity index (χ4v) is 3.86. The van der Waals surface area contributed by atoms with Crippen LogP contribution in [0.2, 0.25) is 0 Å². The molecule has 1 aliphatic heterocycles. The molecule has 1 saturated heterocycles. The van der Waals surface area contributed by atoms with E-state index in [2.05, 4.69) is 47.5 Å². The average molecular weight is 378 g/mol. The van der Waals surface area contributed by atoms with Gasteiger partial charge in [-0.3, -0.25) is 4.90 Å². The molecule has 0 bridgehead atoms. The molecule has 3 heterocycles. The Morgan fingerprint density at radius 2 is 1.93 bits per heavy atom. The Hall–Kier alpha value is -2.67. The molecule has 1 saturated carbocycles. The highest BCUT2D eigenvalue weighted by atomic mass is 16.5. The lowest BCUT2D eigenvalue weighted by atomic mass is 9.96. The van der Waals surface area contributed by atoms with Crippen LogP contribution in [0, 0.1) is 0 Å². The maximum Gasteiger partial charge on any atom is 0.224 e. The minimum absolute atomic E-state index is 0.320. The van der Waals surface area contributed by atoms with Crippen molar-refractivity contribution in [3.05, 3.63) is 43.2 Å². The topological polar surface area (TPSA) is 59.3 Å². The molecule has 0 atom stereocenters. The van der Waals surface area contributed by atoms with E-state index in [9.17, 15) is 0 Å². The van der Waals surface area contributed by atoms with Crippen LogP contribution in [0.15, 0.2) is 43.2 Å². The van der Waals surface area contributed by atoms with E-state index in [1.165, 1.54) is 12.1 Å². The van der Waals surface area contributed by atoms with Gasteiger partial charge in [0, 0.05) is 57.3 Å². The van der Waals surface area contributed by atoms with E-state index in [-0.39, 0.29) is 0 Å². The molecule has 7 heteroatoms. The molecule has 1 aromatic carbocycles. The molecule has 1 aliphatic carbocycles. The number of piperazine rings is 1. The monoisotopic (exact) mass is 378 g/mol. The summed E-state index contributed by atoms with van der Waals surface area (Å²) < 4.78 is 8.24.